The van der Waals surface area contributed by atoms with Crippen LogP contribution in [0.25, 0.3) is 0 Å². The molecule has 0 radical (unpaired) electrons. The van der Waals surface area contributed by atoms with Crippen LogP contribution in [0.3, 0.4) is 0 Å². The van der Waals surface area contributed by atoms with E-state index in [1.165, 1.54) is 24.3 Å². The van der Waals surface area contributed by atoms with Crippen molar-refractivity contribution < 1.29 is 24.4 Å². The van der Waals surface area contributed by atoms with Gasteiger partial charge in [-0.25, -0.2) is 0 Å². The van der Waals surface area contributed by atoms with Crippen molar-refractivity contribution in [1.82, 2.24) is 0 Å². The summed E-state index contributed by atoms with van der Waals surface area (Å²) in [5.41, 5.74) is 5.33. The van der Waals surface area contributed by atoms with Gasteiger partial charge in [0.2, 0.25) is 0 Å². The van der Waals surface area contributed by atoms with E-state index in [4.69, 9.17) is 15.6 Å². The number of benzene rings is 1. The van der Waals surface area contributed by atoms with Crippen LogP contribution in [0.1, 0.15) is 38.7 Å². The Labute approximate surface area is 133 Å². The monoisotopic (exact) mass is 324 g/mol. The normalized spacial score (nSPS) is 13.9. The van der Waals surface area contributed by atoms with E-state index in [1.54, 1.807) is 20.8 Å². The lowest BCUT2D eigenvalue weighted by atomic mass is 9.89. The molecule has 0 aliphatic rings. The number of rotatable bonds is 6. The molecule has 126 valence electrons. The topological polar surface area (TPSA) is 133 Å². The molecule has 1 aromatic rings. The minimum atomic E-state index is -1.15. The van der Waals surface area contributed by atoms with E-state index in [0.717, 1.165) is 0 Å². The number of hydrogen-bond donors (Lipinski definition) is 2. The molecule has 8 heteroatoms. The molecule has 0 spiro atoms. The summed E-state index contributed by atoms with van der Waals surface area (Å²) in [6.45, 7) is 5.04. The van der Waals surface area contributed by atoms with Crippen molar-refractivity contribution in [1.29, 1.82) is 0 Å². The third-order valence-electron chi connectivity index (χ3n) is 2.96. The summed E-state index contributed by atoms with van der Waals surface area (Å²) in [5.74, 6) is -2.83. The molecule has 3 N–H and O–H groups in total. The highest BCUT2D eigenvalue weighted by atomic mass is 16.6. The number of carbonyl (C=O) groups excluding carboxylic acids is 1. The lowest BCUT2D eigenvalue weighted by molar-refractivity contribution is -0.384. The molecule has 0 fully saturated rings. The first kappa shape index (κ1) is 18.6. The molecule has 0 saturated carbocycles. The molecular formula is C15H20N2O6. The van der Waals surface area contributed by atoms with Gasteiger partial charge in [0.1, 0.15) is 5.60 Å². The molecule has 0 bridgehead atoms. The Morgan fingerprint density at radius 1 is 1.30 bits per heavy atom. The van der Waals surface area contributed by atoms with Gasteiger partial charge in [-0.05, 0) is 26.3 Å². The number of carboxylic acids is 1. The van der Waals surface area contributed by atoms with E-state index in [1.807, 2.05) is 0 Å². The fourth-order valence-corrected chi connectivity index (χ4v) is 2.05. The molecule has 0 amide bonds. The van der Waals surface area contributed by atoms with Crippen molar-refractivity contribution in [3.05, 3.63) is 39.9 Å². The zero-order chi connectivity index (χ0) is 17.8. The lowest BCUT2D eigenvalue weighted by Crippen LogP contribution is -2.39. The summed E-state index contributed by atoms with van der Waals surface area (Å²) >= 11 is 0. The fraction of sp³-hybridized carbons (Fsp3) is 0.467. The lowest BCUT2D eigenvalue weighted by Gasteiger charge is -2.27. The van der Waals surface area contributed by atoms with Gasteiger partial charge in [-0.15, -0.1) is 0 Å². The third kappa shape index (κ3) is 5.67. The fourth-order valence-electron chi connectivity index (χ4n) is 2.05. The standard InChI is InChI=1S/C15H20N2O6/c1-15(2,3)23-14(20)13(11(16)8-12(18)19)9-4-6-10(7-5-9)17(21)22/h4-7,11,13H,8,16H2,1-3H3,(H,18,19)/t11-,13?/m0/s1. The number of nitrogens with zero attached hydrogens (tertiary/aromatic N) is 1. The van der Waals surface area contributed by atoms with E-state index >= 15 is 0 Å². The predicted octanol–water partition coefficient (Wildman–Crippen LogP) is 1.82. The minimum Gasteiger partial charge on any atom is -0.481 e. The van der Waals surface area contributed by atoms with Gasteiger partial charge in [0, 0.05) is 18.2 Å². The number of nitro groups is 1. The summed E-state index contributed by atoms with van der Waals surface area (Å²) in [6, 6.07) is 4.23. The smallest absolute Gasteiger partial charge is 0.315 e. The molecule has 1 aromatic carbocycles. The first-order chi connectivity index (χ1) is 10.5. The Kier molecular flexibility index (Phi) is 5.80. The van der Waals surface area contributed by atoms with Crippen LogP contribution in [0.15, 0.2) is 24.3 Å². The maximum absolute atomic E-state index is 12.4. The van der Waals surface area contributed by atoms with Crippen LogP contribution in [0.5, 0.6) is 0 Å². The molecule has 0 heterocycles. The summed E-state index contributed by atoms with van der Waals surface area (Å²) in [6.07, 6.45) is -0.430. The Morgan fingerprint density at radius 2 is 1.83 bits per heavy atom. The Bertz CT molecular complexity index is 591. The van der Waals surface area contributed by atoms with Gasteiger partial charge >= 0.3 is 11.9 Å². The van der Waals surface area contributed by atoms with Gasteiger partial charge in [0.05, 0.1) is 17.3 Å². The Hall–Kier alpha value is -2.48. The second-order valence-corrected chi connectivity index (χ2v) is 6.12. The highest BCUT2D eigenvalue weighted by molar-refractivity contribution is 5.81. The van der Waals surface area contributed by atoms with Gasteiger partial charge in [0.15, 0.2) is 0 Å². The van der Waals surface area contributed by atoms with Gasteiger partial charge in [-0.3, -0.25) is 19.7 Å². The van der Waals surface area contributed by atoms with Crippen LogP contribution < -0.4 is 5.73 Å². The van der Waals surface area contributed by atoms with Crippen molar-refractivity contribution in [2.75, 3.05) is 0 Å². The number of aliphatic carboxylic acids is 1. The average Bonchev–Trinajstić information content (AvgIpc) is 2.36. The predicted molar refractivity (Wildman–Crippen MR) is 81.9 cm³/mol. The number of carbonyl (C=O) groups is 2. The van der Waals surface area contributed by atoms with Crippen LogP contribution in [0.4, 0.5) is 5.69 Å². The molecule has 1 unspecified atom stereocenters. The van der Waals surface area contributed by atoms with E-state index in [2.05, 4.69) is 0 Å². The van der Waals surface area contributed by atoms with Gasteiger partial charge in [0.25, 0.3) is 5.69 Å². The van der Waals surface area contributed by atoms with Crippen LogP contribution in [-0.2, 0) is 14.3 Å². The molecule has 2 atom stereocenters. The van der Waals surface area contributed by atoms with Crippen molar-refractivity contribution in [3.8, 4) is 0 Å². The molecule has 0 aromatic heterocycles. The highest BCUT2D eigenvalue weighted by Crippen LogP contribution is 2.26. The number of esters is 1. The van der Waals surface area contributed by atoms with Gasteiger partial charge in [-0.2, -0.15) is 0 Å². The van der Waals surface area contributed by atoms with Crippen molar-refractivity contribution in [2.45, 2.75) is 44.8 Å². The second-order valence-electron chi connectivity index (χ2n) is 6.12. The first-order valence-electron chi connectivity index (χ1n) is 6.96. The number of non-ortho nitro benzene ring substituents is 1. The van der Waals surface area contributed by atoms with E-state index in [-0.39, 0.29) is 5.69 Å². The first-order valence-corrected chi connectivity index (χ1v) is 6.96. The zero-order valence-corrected chi connectivity index (χ0v) is 13.2. The van der Waals surface area contributed by atoms with Crippen molar-refractivity contribution >= 4 is 17.6 Å². The van der Waals surface area contributed by atoms with E-state index in [9.17, 15) is 19.7 Å². The molecule has 23 heavy (non-hydrogen) atoms. The quantitative estimate of drug-likeness (QED) is 0.463. The largest absolute Gasteiger partial charge is 0.481 e. The van der Waals surface area contributed by atoms with E-state index < -0.39 is 40.8 Å². The average molecular weight is 324 g/mol. The maximum atomic E-state index is 12.4. The number of carboxylic acid groups (broad SMARTS) is 1. The van der Waals surface area contributed by atoms with Gasteiger partial charge < -0.3 is 15.6 Å². The van der Waals surface area contributed by atoms with Crippen LogP contribution >= 0.6 is 0 Å². The second kappa shape index (κ2) is 7.19. The van der Waals surface area contributed by atoms with Crippen LogP contribution in [0.2, 0.25) is 0 Å². The SMILES string of the molecule is CC(C)(C)OC(=O)C(c1ccc([N+](=O)[O-])cc1)[C@@H](N)CC(=O)O. The van der Waals surface area contributed by atoms with Gasteiger partial charge in [-0.1, -0.05) is 12.1 Å². The third-order valence-corrected chi connectivity index (χ3v) is 2.96. The summed E-state index contributed by atoms with van der Waals surface area (Å²) < 4.78 is 5.29. The van der Waals surface area contributed by atoms with Crippen molar-refractivity contribution in [3.63, 3.8) is 0 Å². The number of nitrogens with two attached hydrogens (primary N) is 1. The Balaban J connectivity index is 3.14. The summed E-state index contributed by atoms with van der Waals surface area (Å²) in [5, 5.41) is 19.6. The zero-order valence-electron chi connectivity index (χ0n) is 13.2. The molecule has 0 saturated heterocycles. The summed E-state index contributed by atoms with van der Waals surface area (Å²) in [7, 11) is 0. The van der Waals surface area contributed by atoms with Crippen LogP contribution in [0, 0.1) is 10.1 Å². The maximum Gasteiger partial charge on any atom is 0.315 e. The minimum absolute atomic E-state index is 0.136. The van der Waals surface area contributed by atoms with Crippen LogP contribution in [-0.4, -0.2) is 33.6 Å². The van der Waals surface area contributed by atoms with Crippen molar-refractivity contribution in [2.24, 2.45) is 5.73 Å². The highest BCUT2D eigenvalue weighted by Gasteiger charge is 2.33. The van der Waals surface area contributed by atoms with E-state index in [0.29, 0.717) is 5.56 Å². The Morgan fingerprint density at radius 3 is 2.22 bits per heavy atom. The molecular weight excluding hydrogens is 304 g/mol. The summed E-state index contributed by atoms with van der Waals surface area (Å²) in [4.78, 5) is 33.4. The molecule has 0 aliphatic carbocycles. The number of hydrogen-bond acceptors (Lipinski definition) is 6. The molecule has 8 nitrogen and oxygen atoms in total. The molecule has 0 aliphatic heterocycles. The number of nitro benzene ring substituents is 1. The number of ether oxygens (including phenoxy) is 1. The molecule has 1 rings (SSSR count).